The Labute approximate surface area is 127 Å². The summed E-state index contributed by atoms with van der Waals surface area (Å²) >= 11 is 0. The standard InChI is InChI=1S/C17H26N2O2/c1-11-8-13(9-12(2)16(11)21-4)10-19(3)17(20)14-6-5-7-15(14)18/h8-9,14-15H,5-7,10,18H2,1-4H3/t14-,15+/m0/s1. The predicted molar refractivity (Wildman–Crippen MR) is 84.3 cm³/mol. The lowest BCUT2D eigenvalue weighted by Crippen LogP contribution is -2.39. The Bertz CT molecular complexity index is 505. The minimum Gasteiger partial charge on any atom is -0.496 e. The number of hydrogen-bond donors (Lipinski definition) is 1. The van der Waals surface area contributed by atoms with Crippen molar-refractivity contribution in [3.05, 3.63) is 28.8 Å². The lowest BCUT2D eigenvalue weighted by atomic mass is 10.0. The highest BCUT2D eigenvalue weighted by atomic mass is 16.5. The zero-order valence-corrected chi connectivity index (χ0v) is 13.5. The molecule has 1 aliphatic carbocycles. The van der Waals surface area contributed by atoms with Crippen LogP contribution in [0.2, 0.25) is 0 Å². The number of methoxy groups -OCH3 is 1. The molecule has 1 aromatic carbocycles. The molecule has 0 heterocycles. The molecule has 0 bridgehead atoms. The van der Waals surface area contributed by atoms with Crippen LogP contribution in [0.3, 0.4) is 0 Å². The SMILES string of the molecule is COc1c(C)cc(CN(C)C(=O)[C@H]2CCC[C@H]2N)cc1C. The summed E-state index contributed by atoms with van der Waals surface area (Å²) in [5.74, 6) is 1.09. The van der Waals surface area contributed by atoms with Crippen LogP contribution in [0.25, 0.3) is 0 Å². The van der Waals surface area contributed by atoms with Gasteiger partial charge in [-0.25, -0.2) is 0 Å². The molecule has 1 saturated carbocycles. The molecule has 0 aliphatic heterocycles. The van der Waals surface area contributed by atoms with Gasteiger partial charge in [0.1, 0.15) is 5.75 Å². The van der Waals surface area contributed by atoms with E-state index in [0.717, 1.165) is 41.7 Å². The number of ether oxygens (including phenoxy) is 1. The molecule has 1 aromatic rings. The van der Waals surface area contributed by atoms with Crippen molar-refractivity contribution in [3.8, 4) is 5.75 Å². The molecule has 1 aliphatic rings. The second-order valence-electron chi connectivity index (χ2n) is 6.16. The Hall–Kier alpha value is -1.55. The molecular weight excluding hydrogens is 264 g/mol. The minimum absolute atomic E-state index is 0.00422. The van der Waals surface area contributed by atoms with Gasteiger partial charge in [-0.15, -0.1) is 0 Å². The number of aryl methyl sites for hydroxylation is 2. The number of benzene rings is 1. The van der Waals surface area contributed by atoms with Gasteiger partial charge in [0.2, 0.25) is 5.91 Å². The van der Waals surface area contributed by atoms with Gasteiger partial charge in [0.25, 0.3) is 0 Å². The Kier molecular flexibility index (Phi) is 4.88. The third kappa shape index (κ3) is 3.38. The van der Waals surface area contributed by atoms with E-state index < -0.39 is 0 Å². The van der Waals surface area contributed by atoms with E-state index in [9.17, 15) is 4.79 Å². The fourth-order valence-corrected chi connectivity index (χ4v) is 3.38. The van der Waals surface area contributed by atoms with Gasteiger partial charge in [-0.1, -0.05) is 18.6 Å². The van der Waals surface area contributed by atoms with Crippen molar-refractivity contribution in [2.24, 2.45) is 11.7 Å². The Morgan fingerprint density at radius 3 is 2.43 bits per heavy atom. The van der Waals surface area contributed by atoms with Crippen molar-refractivity contribution in [3.63, 3.8) is 0 Å². The maximum atomic E-state index is 12.5. The van der Waals surface area contributed by atoms with Crippen molar-refractivity contribution in [2.45, 2.75) is 45.7 Å². The van der Waals surface area contributed by atoms with Crippen molar-refractivity contribution in [1.29, 1.82) is 0 Å². The van der Waals surface area contributed by atoms with E-state index in [0.29, 0.717) is 6.54 Å². The number of carbonyl (C=O) groups excluding carboxylic acids is 1. The van der Waals surface area contributed by atoms with Crippen molar-refractivity contribution >= 4 is 5.91 Å². The lowest BCUT2D eigenvalue weighted by Gasteiger charge is -2.24. The summed E-state index contributed by atoms with van der Waals surface area (Å²) in [6, 6.07) is 4.20. The van der Waals surface area contributed by atoms with Crippen molar-refractivity contribution < 1.29 is 9.53 Å². The maximum absolute atomic E-state index is 12.5. The van der Waals surface area contributed by atoms with E-state index in [1.807, 2.05) is 20.9 Å². The van der Waals surface area contributed by atoms with Crippen LogP contribution in [0.1, 0.15) is 36.0 Å². The number of hydrogen-bond acceptors (Lipinski definition) is 3. The molecule has 21 heavy (non-hydrogen) atoms. The Morgan fingerprint density at radius 2 is 1.95 bits per heavy atom. The number of rotatable bonds is 4. The summed E-state index contributed by atoms with van der Waals surface area (Å²) < 4.78 is 5.38. The topological polar surface area (TPSA) is 55.6 Å². The van der Waals surface area contributed by atoms with Crippen LogP contribution in [0, 0.1) is 19.8 Å². The van der Waals surface area contributed by atoms with E-state index in [-0.39, 0.29) is 17.9 Å². The number of nitrogens with two attached hydrogens (primary N) is 1. The smallest absolute Gasteiger partial charge is 0.227 e. The van der Waals surface area contributed by atoms with Crippen LogP contribution >= 0.6 is 0 Å². The van der Waals surface area contributed by atoms with Crippen LogP contribution in [-0.2, 0) is 11.3 Å². The molecule has 0 saturated heterocycles. The predicted octanol–water partition coefficient (Wildman–Crippen LogP) is 2.40. The second-order valence-corrected chi connectivity index (χ2v) is 6.16. The number of carbonyl (C=O) groups is 1. The highest BCUT2D eigenvalue weighted by Crippen LogP contribution is 2.27. The third-order valence-electron chi connectivity index (χ3n) is 4.41. The average molecular weight is 290 g/mol. The first-order valence-corrected chi connectivity index (χ1v) is 7.58. The van der Waals surface area contributed by atoms with Gasteiger partial charge >= 0.3 is 0 Å². The molecule has 4 heteroatoms. The van der Waals surface area contributed by atoms with Crippen LogP contribution in [-0.4, -0.2) is 31.0 Å². The van der Waals surface area contributed by atoms with E-state index in [1.165, 1.54) is 0 Å². The summed E-state index contributed by atoms with van der Waals surface area (Å²) in [5, 5.41) is 0. The summed E-state index contributed by atoms with van der Waals surface area (Å²) in [4.78, 5) is 14.3. The largest absolute Gasteiger partial charge is 0.496 e. The monoisotopic (exact) mass is 290 g/mol. The zero-order chi connectivity index (χ0) is 15.6. The molecule has 0 unspecified atom stereocenters. The van der Waals surface area contributed by atoms with Gasteiger partial charge in [0, 0.05) is 19.6 Å². The number of nitrogens with zero attached hydrogens (tertiary/aromatic N) is 1. The number of amides is 1. The van der Waals surface area contributed by atoms with Crippen LogP contribution < -0.4 is 10.5 Å². The van der Waals surface area contributed by atoms with E-state index in [1.54, 1.807) is 12.0 Å². The molecule has 0 radical (unpaired) electrons. The van der Waals surface area contributed by atoms with Crippen LogP contribution in [0.15, 0.2) is 12.1 Å². The third-order valence-corrected chi connectivity index (χ3v) is 4.41. The minimum atomic E-state index is -0.00422. The Balaban J connectivity index is 2.09. The molecule has 4 nitrogen and oxygen atoms in total. The highest BCUT2D eigenvalue weighted by molar-refractivity contribution is 5.79. The fourth-order valence-electron chi connectivity index (χ4n) is 3.38. The normalized spacial score (nSPS) is 21.4. The molecule has 0 spiro atoms. The highest BCUT2D eigenvalue weighted by Gasteiger charge is 2.32. The summed E-state index contributed by atoms with van der Waals surface area (Å²) in [6.07, 6.45) is 2.95. The Morgan fingerprint density at radius 1 is 1.33 bits per heavy atom. The van der Waals surface area contributed by atoms with Gasteiger partial charge in [0.15, 0.2) is 0 Å². The van der Waals surface area contributed by atoms with Crippen LogP contribution in [0.5, 0.6) is 5.75 Å². The summed E-state index contributed by atoms with van der Waals surface area (Å²) in [6.45, 7) is 4.68. The van der Waals surface area contributed by atoms with E-state index in [2.05, 4.69) is 12.1 Å². The molecule has 116 valence electrons. The summed E-state index contributed by atoms with van der Waals surface area (Å²) in [5.41, 5.74) is 9.37. The van der Waals surface area contributed by atoms with E-state index in [4.69, 9.17) is 10.5 Å². The van der Waals surface area contributed by atoms with Gasteiger partial charge in [-0.3, -0.25) is 4.79 Å². The average Bonchev–Trinajstić information content (AvgIpc) is 2.83. The van der Waals surface area contributed by atoms with E-state index >= 15 is 0 Å². The first kappa shape index (κ1) is 15.8. The molecule has 0 aromatic heterocycles. The molecular formula is C17H26N2O2. The van der Waals surface area contributed by atoms with Gasteiger partial charge in [-0.2, -0.15) is 0 Å². The molecule has 1 fully saturated rings. The first-order chi connectivity index (χ1) is 9.93. The van der Waals surface area contributed by atoms with Crippen molar-refractivity contribution in [1.82, 2.24) is 4.90 Å². The lowest BCUT2D eigenvalue weighted by molar-refractivity contribution is -0.134. The van der Waals surface area contributed by atoms with Crippen LogP contribution in [0.4, 0.5) is 0 Å². The molecule has 2 atom stereocenters. The van der Waals surface area contributed by atoms with Gasteiger partial charge in [-0.05, 0) is 43.4 Å². The quantitative estimate of drug-likeness (QED) is 0.926. The molecule has 1 amide bonds. The summed E-state index contributed by atoms with van der Waals surface area (Å²) in [7, 11) is 3.55. The van der Waals surface area contributed by atoms with Crippen molar-refractivity contribution in [2.75, 3.05) is 14.2 Å². The van der Waals surface area contributed by atoms with Gasteiger partial charge in [0.05, 0.1) is 13.0 Å². The second kappa shape index (κ2) is 6.48. The molecule has 2 rings (SSSR count). The van der Waals surface area contributed by atoms with Gasteiger partial charge < -0.3 is 15.4 Å². The first-order valence-electron chi connectivity index (χ1n) is 7.58. The maximum Gasteiger partial charge on any atom is 0.227 e. The fraction of sp³-hybridized carbons (Fsp3) is 0.588. The zero-order valence-electron chi connectivity index (χ0n) is 13.5. The molecule has 2 N–H and O–H groups in total.